The summed E-state index contributed by atoms with van der Waals surface area (Å²) in [7, 11) is 0. The van der Waals surface area contributed by atoms with Gasteiger partial charge in [-0.2, -0.15) is 0 Å². The Labute approximate surface area is 118 Å². The lowest BCUT2D eigenvalue weighted by Gasteiger charge is -2.18. The smallest absolute Gasteiger partial charge is 0.119 e. The Morgan fingerprint density at radius 2 is 1.74 bits per heavy atom. The van der Waals surface area contributed by atoms with E-state index < -0.39 is 0 Å². The van der Waals surface area contributed by atoms with Gasteiger partial charge in [-0.3, -0.25) is 0 Å². The summed E-state index contributed by atoms with van der Waals surface area (Å²) in [4.78, 5) is 2.36. The highest BCUT2D eigenvalue weighted by Crippen LogP contribution is 2.12. The SMILES string of the molecule is CCN(CC)CCOc1ccc(CNC(C)C)cc1. The third-order valence-electron chi connectivity index (χ3n) is 3.21. The minimum absolute atomic E-state index is 0.519. The summed E-state index contributed by atoms with van der Waals surface area (Å²) in [5.74, 6) is 0.959. The fourth-order valence-corrected chi connectivity index (χ4v) is 1.86. The fraction of sp³-hybridized carbons (Fsp3) is 0.625. The molecule has 1 rings (SSSR count). The molecule has 0 saturated carbocycles. The van der Waals surface area contributed by atoms with E-state index in [-0.39, 0.29) is 0 Å². The molecule has 0 amide bonds. The molecule has 1 N–H and O–H groups in total. The van der Waals surface area contributed by atoms with Crippen LogP contribution in [0, 0.1) is 0 Å². The summed E-state index contributed by atoms with van der Waals surface area (Å²) >= 11 is 0. The van der Waals surface area contributed by atoms with Gasteiger partial charge in [0.05, 0.1) is 0 Å². The minimum Gasteiger partial charge on any atom is -0.492 e. The molecule has 19 heavy (non-hydrogen) atoms. The van der Waals surface area contributed by atoms with E-state index in [1.54, 1.807) is 0 Å². The molecule has 0 unspecified atom stereocenters. The van der Waals surface area contributed by atoms with Gasteiger partial charge in [-0.15, -0.1) is 0 Å². The van der Waals surface area contributed by atoms with Gasteiger partial charge in [0.1, 0.15) is 12.4 Å². The van der Waals surface area contributed by atoms with Crippen molar-refractivity contribution in [3.63, 3.8) is 0 Å². The normalized spacial score (nSPS) is 11.3. The predicted molar refractivity (Wildman–Crippen MR) is 81.7 cm³/mol. The van der Waals surface area contributed by atoms with Gasteiger partial charge in [0.25, 0.3) is 0 Å². The zero-order valence-corrected chi connectivity index (χ0v) is 12.8. The second kappa shape index (κ2) is 8.94. The van der Waals surface area contributed by atoms with E-state index in [0.29, 0.717) is 6.04 Å². The molecule has 0 heterocycles. The third-order valence-corrected chi connectivity index (χ3v) is 3.21. The molecular weight excluding hydrogens is 236 g/mol. The maximum Gasteiger partial charge on any atom is 0.119 e. The Morgan fingerprint density at radius 3 is 2.26 bits per heavy atom. The average Bonchev–Trinajstić information content (AvgIpc) is 2.42. The number of nitrogens with one attached hydrogen (secondary N) is 1. The molecule has 3 nitrogen and oxygen atoms in total. The molecule has 108 valence electrons. The topological polar surface area (TPSA) is 24.5 Å². The van der Waals surface area contributed by atoms with Crippen molar-refractivity contribution in [1.29, 1.82) is 0 Å². The summed E-state index contributed by atoms with van der Waals surface area (Å²) in [5.41, 5.74) is 1.30. The van der Waals surface area contributed by atoms with E-state index in [2.05, 4.69) is 62.2 Å². The van der Waals surface area contributed by atoms with Crippen LogP contribution >= 0.6 is 0 Å². The Bertz CT molecular complexity index is 331. The average molecular weight is 264 g/mol. The standard InChI is InChI=1S/C16H28N2O/c1-5-18(6-2)11-12-19-16-9-7-15(8-10-16)13-17-14(3)4/h7-10,14,17H,5-6,11-13H2,1-4H3. The molecular formula is C16H28N2O. The van der Waals surface area contributed by atoms with Crippen LogP contribution in [0.3, 0.4) is 0 Å². The molecule has 0 saturated heterocycles. The number of nitrogens with zero attached hydrogens (tertiary/aromatic N) is 1. The zero-order valence-electron chi connectivity index (χ0n) is 12.8. The molecule has 0 radical (unpaired) electrons. The highest BCUT2D eigenvalue weighted by molar-refractivity contribution is 5.27. The second-order valence-corrected chi connectivity index (χ2v) is 5.05. The number of rotatable bonds is 9. The van der Waals surface area contributed by atoms with Crippen LogP contribution in [0.2, 0.25) is 0 Å². The molecule has 0 aliphatic rings. The van der Waals surface area contributed by atoms with Crippen molar-refractivity contribution in [3.8, 4) is 5.75 Å². The van der Waals surface area contributed by atoms with Crippen molar-refractivity contribution in [1.82, 2.24) is 10.2 Å². The number of hydrogen-bond donors (Lipinski definition) is 1. The first-order valence-electron chi connectivity index (χ1n) is 7.33. The van der Waals surface area contributed by atoms with Gasteiger partial charge in [-0.1, -0.05) is 39.8 Å². The van der Waals surface area contributed by atoms with Gasteiger partial charge in [0.2, 0.25) is 0 Å². The van der Waals surface area contributed by atoms with Crippen molar-refractivity contribution in [3.05, 3.63) is 29.8 Å². The van der Waals surface area contributed by atoms with Crippen LogP contribution in [-0.4, -0.2) is 37.2 Å². The van der Waals surface area contributed by atoms with E-state index in [0.717, 1.165) is 38.5 Å². The molecule has 0 spiro atoms. The van der Waals surface area contributed by atoms with Crippen LogP contribution in [0.25, 0.3) is 0 Å². The lowest BCUT2D eigenvalue weighted by atomic mass is 10.2. The Kier molecular flexibility index (Phi) is 7.53. The van der Waals surface area contributed by atoms with E-state index in [1.807, 2.05) is 0 Å². The molecule has 1 aromatic carbocycles. The first kappa shape index (κ1) is 16.0. The quantitative estimate of drug-likeness (QED) is 0.742. The van der Waals surface area contributed by atoms with Gasteiger partial charge >= 0.3 is 0 Å². The van der Waals surface area contributed by atoms with Gasteiger partial charge in [-0.05, 0) is 30.8 Å². The maximum atomic E-state index is 5.76. The van der Waals surface area contributed by atoms with E-state index in [4.69, 9.17) is 4.74 Å². The van der Waals surface area contributed by atoms with Crippen LogP contribution in [0.1, 0.15) is 33.3 Å². The van der Waals surface area contributed by atoms with E-state index in [1.165, 1.54) is 5.56 Å². The first-order chi connectivity index (χ1) is 9.15. The lowest BCUT2D eigenvalue weighted by molar-refractivity contribution is 0.223. The van der Waals surface area contributed by atoms with Crippen molar-refractivity contribution in [2.75, 3.05) is 26.2 Å². The maximum absolute atomic E-state index is 5.76. The van der Waals surface area contributed by atoms with Crippen LogP contribution in [0.15, 0.2) is 24.3 Å². The lowest BCUT2D eigenvalue weighted by Crippen LogP contribution is -2.27. The van der Waals surface area contributed by atoms with Crippen LogP contribution < -0.4 is 10.1 Å². The largest absolute Gasteiger partial charge is 0.492 e. The van der Waals surface area contributed by atoms with E-state index >= 15 is 0 Å². The van der Waals surface area contributed by atoms with Gasteiger partial charge in [-0.25, -0.2) is 0 Å². The number of ether oxygens (including phenoxy) is 1. The Hall–Kier alpha value is -1.06. The summed E-state index contributed by atoms with van der Waals surface area (Å²) < 4.78 is 5.76. The minimum atomic E-state index is 0.519. The molecule has 1 aromatic rings. The molecule has 0 fully saturated rings. The summed E-state index contributed by atoms with van der Waals surface area (Å²) in [6.45, 7) is 13.5. The molecule has 0 aliphatic carbocycles. The summed E-state index contributed by atoms with van der Waals surface area (Å²) in [6, 6.07) is 8.88. The molecule has 0 atom stereocenters. The van der Waals surface area contributed by atoms with Crippen molar-refractivity contribution in [2.24, 2.45) is 0 Å². The number of likely N-dealkylation sites (N-methyl/N-ethyl adjacent to an activating group) is 1. The highest BCUT2D eigenvalue weighted by atomic mass is 16.5. The Morgan fingerprint density at radius 1 is 1.11 bits per heavy atom. The van der Waals surface area contributed by atoms with Gasteiger partial charge < -0.3 is 15.0 Å². The van der Waals surface area contributed by atoms with Crippen molar-refractivity contribution in [2.45, 2.75) is 40.3 Å². The molecule has 0 aromatic heterocycles. The van der Waals surface area contributed by atoms with Crippen molar-refractivity contribution >= 4 is 0 Å². The molecule has 0 bridgehead atoms. The Balaban J connectivity index is 2.31. The number of hydrogen-bond acceptors (Lipinski definition) is 3. The van der Waals surface area contributed by atoms with Gasteiger partial charge in [0, 0.05) is 19.1 Å². The third kappa shape index (κ3) is 6.60. The molecule has 3 heteroatoms. The monoisotopic (exact) mass is 264 g/mol. The highest BCUT2D eigenvalue weighted by Gasteiger charge is 2.00. The van der Waals surface area contributed by atoms with Crippen LogP contribution in [-0.2, 0) is 6.54 Å². The van der Waals surface area contributed by atoms with Crippen LogP contribution in [0.4, 0.5) is 0 Å². The van der Waals surface area contributed by atoms with Crippen molar-refractivity contribution < 1.29 is 4.74 Å². The first-order valence-corrected chi connectivity index (χ1v) is 7.33. The number of benzene rings is 1. The van der Waals surface area contributed by atoms with E-state index in [9.17, 15) is 0 Å². The summed E-state index contributed by atoms with van der Waals surface area (Å²) in [6.07, 6.45) is 0. The predicted octanol–water partition coefficient (Wildman–Crippen LogP) is 2.91. The fourth-order valence-electron chi connectivity index (χ4n) is 1.86. The molecule has 0 aliphatic heterocycles. The van der Waals surface area contributed by atoms with Gasteiger partial charge in [0.15, 0.2) is 0 Å². The summed E-state index contributed by atoms with van der Waals surface area (Å²) in [5, 5.41) is 3.41. The second-order valence-electron chi connectivity index (χ2n) is 5.05. The zero-order chi connectivity index (χ0) is 14.1. The van der Waals surface area contributed by atoms with Crippen LogP contribution in [0.5, 0.6) is 5.75 Å².